The Morgan fingerprint density at radius 3 is 2.46 bits per heavy atom. The largest absolute Gasteiger partial charge is 0.471 e. The van der Waals surface area contributed by atoms with Gasteiger partial charge in [0.05, 0.1) is 16.7 Å². The van der Waals surface area contributed by atoms with Crippen molar-refractivity contribution >= 4 is 21.4 Å². The lowest BCUT2D eigenvalue weighted by Gasteiger charge is -2.05. The number of rotatable bonds is 6. The summed E-state index contributed by atoms with van der Waals surface area (Å²) in [5.41, 5.74) is 3.49. The molecule has 0 aliphatic rings. The maximum atomic E-state index is 13.0. The minimum atomic E-state index is -3.80. The molecule has 0 aliphatic heterocycles. The van der Waals surface area contributed by atoms with Crippen molar-refractivity contribution in [3.05, 3.63) is 88.7 Å². The summed E-state index contributed by atoms with van der Waals surface area (Å²) in [6.07, 6.45) is 1.51. The van der Waals surface area contributed by atoms with Crippen molar-refractivity contribution in [3.8, 4) is 17.0 Å². The van der Waals surface area contributed by atoms with E-state index in [2.05, 4.69) is 5.10 Å². The van der Waals surface area contributed by atoms with Crippen LogP contribution in [0.4, 0.5) is 0 Å². The predicted molar refractivity (Wildman–Crippen MR) is 110 cm³/mol. The minimum Gasteiger partial charge on any atom is -0.471 e. The van der Waals surface area contributed by atoms with E-state index in [-0.39, 0.29) is 10.8 Å². The predicted octanol–water partition coefficient (Wildman–Crippen LogP) is 4.74. The molecule has 0 fully saturated rings. The van der Waals surface area contributed by atoms with Crippen LogP contribution in [0, 0.1) is 6.92 Å². The van der Waals surface area contributed by atoms with Gasteiger partial charge in [-0.1, -0.05) is 48.0 Å². The van der Waals surface area contributed by atoms with Gasteiger partial charge in [-0.25, -0.2) is 0 Å². The summed E-state index contributed by atoms with van der Waals surface area (Å²) in [6, 6.07) is 18.3. The van der Waals surface area contributed by atoms with Crippen LogP contribution in [0.1, 0.15) is 11.1 Å². The molecule has 2 heterocycles. The van der Waals surface area contributed by atoms with E-state index in [1.807, 2.05) is 54.1 Å². The zero-order valence-corrected chi connectivity index (χ0v) is 16.8. The highest BCUT2D eigenvalue weighted by Crippen LogP contribution is 2.32. The monoisotopic (exact) mass is 410 g/mol. The average Bonchev–Trinajstić information content (AvgIpc) is 3.37. The van der Waals surface area contributed by atoms with Crippen LogP contribution in [-0.4, -0.2) is 17.6 Å². The molecule has 28 heavy (non-hydrogen) atoms. The Morgan fingerprint density at radius 2 is 1.79 bits per heavy atom. The maximum Gasteiger partial charge on any atom is 0.283 e. The second-order valence-electron chi connectivity index (χ2n) is 6.32. The second-order valence-corrected chi connectivity index (χ2v) is 8.90. The van der Waals surface area contributed by atoms with Crippen LogP contribution in [0.15, 0.2) is 82.5 Å². The lowest BCUT2D eigenvalue weighted by atomic mass is 10.2. The molecule has 0 bridgehead atoms. The quantitative estimate of drug-likeness (QED) is 0.461. The van der Waals surface area contributed by atoms with Crippen molar-refractivity contribution in [2.75, 3.05) is 0 Å². The van der Waals surface area contributed by atoms with Crippen molar-refractivity contribution < 1.29 is 13.2 Å². The number of aromatic nitrogens is 2. The number of aryl methyl sites for hydroxylation is 1. The number of hydrogen-bond acceptors (Lipinski definition) is 5. The van der Waals surface area contributed by atoms with Crippen LogP contribution in [0.5, 0.6) is 5.88 Å². The van der Waals surface area contributed by atoms with Crippen molar-refractivity contribution in [1.82, 2.24) is 9.19 Å². The molecule has 2 aromatic heterocycles. The molecular weight excluding hydrogens is 392 g/mol. The zero-order chi connectivity index (χ0) is 19.6. The fraction of sp³-hybridized carbons (Fsp3) is 0.0952. The van der Waals surface area contributed by atoms with Gasteiger partial charge in [-0.15, -0.1) is 5.10 Å². The van der Waals surface area contributed by atoms with Gasteiger partial charge in [0.2, 0.25) is 5.88 Å². The Kier molecular flexibility index (Phi) is 5.02. The molecule has 0 saturated heterocycles. The molecule has 7 heteroatoms. The molecule has 0 spiro atoms. The topological polar surface area (TPSA) is 61.2 Å². The van der Waals surface area contributed by atoms with Crippen LogP contribution >= 0.6 is 11.3 Å². The summed E-state index contributed by atoms with van der Waals surface area (Å²) >= 11 is 1.53. The second kappa shape index (κ2) is 7.61. The standard InChI is InChI=1S/C21H18N2O3S2/c1-16-7-9-19(10-8-16)28(24,25)23-13-20(18-11-12-27-15-18)21(22-23)26-14-17-5-3-2-4-6-17/h2-13,15H,14H2,1H3. The number of ether oxygens (including phenoxy) is 1. The first-order valence-corrected chi connectivity index (χ1v) is 11.0. The fourth-order valence-corrected chi connectivity index (χ4v) is 4.51. The highest BCUT2D eigenvalue weighted by Gasteiger charge is 2.22. The normalized spacial score (nSPS) is 11.5. The summed E-state index contributed by atoms with van der Waals surface area (Å²) in [5.74, 6) is 0.290. The molecule has 0 saturated carbocycles. The Hall–Kier alpha value is -2.90. The van der Waals surface area contributed by atoms with E-state index in [0.29, 0.717) is 12.2 Å². The Balaban J connectivity index is 1.72. The average molecular weight is 411 g/mol. The van der Waals surface area contributed by atoms with E-state index < -0.39 is 10.0 Å². The summed E-state index contributed by atoms with van der Waals surface area (Å²) in [5, 5.41) is 8.14. The third-order valence-electron chi connectivity index (χ3n) is 4.27. The molecule has 0 aliphatic carbocycles. The van der Waals surface area contributed by atoms with Gasteiger partial charge in [0.25, 0.3) is 10.0 Å². The SMILES string of the molecule is Cc1ccc(S(=O)(=O)n2cc(-c3ccsc3)c(OCc3ccccc3)n2)cc1. The fourth-order valence-electron chi connectivity index (χ4n) is 2.73. The minimum absolute atomic E-state index is 0.187. The zero-order valence-electron chi connectivity index (χ0n) is 15.1. The molecular formula is C21H18N2O3S2. The molecule has 0 amide bonds. The van der Waals surface area contributed by atoms with Crippen LogP contribution in [-0.2, 0) is 16.6 Å². The van der Waals surface area contributed by atoms with Crippen molar-refractivity contribution in [2.45, 2.75) is 18.4 Å². The molecule has 142 valence electrons. The molecule has 4 rings (SSSR count). The lowest BCUT2D eigenvalue weighted by Crippen LogP contribution is -2.13. The Bertz CT molecular complexity index is 1160. The molecule has 5 nitrogen and oxygen atoms in total. The molecule has 4 aromatic rings. The van der Waals surface area contributed by atoms with E-state index in [0.717, 1.165) is 20.8 Å². The van der Waals surface area contributed by atoms with E-state index in [1.165, 1.54) is 17.5 Å². The van der Waals surface area contributed by atoms with Gasteiger partial charge in [-0.3, -0.25) is 0 Å². The Labute approximate surface area is 167 Å². The lowest BCUT2D eigenvalue weighted by molar-refractivity contribution is 0.293. The number of nitrogens with zero attached hydrogens (tertiary/aromatic N) is 2. The van der Waals surface area contributed by atoms with Crippen molar-refractivity contribution in [2.24, 2.45) is 0 Å². The first-order chi connectivity index (χ1) is 13.5. The maximum absolute atomic E-state index is 13.0. The third-order valence-corrected chi connectivity index (χ3v) is 6.51. The highest BCUT2D eigenvalue weighted by atomic mass is 32.2. The molecule has 0 atom stereocenters. The van der Waals surface area contributed by atoms with Gasteiger partial charge >= 0.3 is 0 Å². The van der Waals surface area contributed by atoms with Crippen LogP contribution in [0.3, 0.4) is 0 Å². The van der Waals surface area contributed by atoms with Crippen molar-refractivity contribution in [3.63, 3.8) is 0 Å². The van der Waals surface area contributed by atoms with Gasteiger partial charge in [0.1, 0.15) is 6.61 Å². The summed E-state index contributed by atoms with van der Waals surface area (Å²) in [4.78, 5) is 0.187. The van der Waals surface area contributed by atoms with Crippen LogP contribution in [0.2, 0.25) is 0 Å². The van der Waals surface area contributed by atoms with E-state index in [4.69, 9.17) is 4.74 Å². The third kappa shape index (κ3) is 3.72. The van der Waals surface area contributed by atoms with E-state index in [9.17, 15) is 8.42 Å². The molecule has 0 N–H and O–H groups in total. The molecule has 0 unspecified atom stereocenters. The van der Waals surface area contributed by atoms with Gasteiger partial charge in [0, 0.05) is 0 Å². The summed E-state index contributed by atoms with van der Waals surface area (Å²) in [6.45, 7) is 2.22. The van der Waals surface area contributed by atoms with E-state index in [1.54, 1.807) is 24.3 Å². The number of thiophene rings is 1. The first kappa shape index (κ1) is 18.5. The number of hydrogen-bond donors (Lipinski definition) is 0. The van der Waals surface area contributed by atoms with Gasteiger partial charge in [-0.2, -0.15) is 23.8 Å². The van der Waals surface area contributed by atoms with Gasteiger partial charge in [-0.05, 0) is 47.0 Å². The van der Waals surface area contributed by atoms with Gasteiger partial charge in [0.15, 0.2) is 0 Å². The van der Waals surface area contributed by atoms with Gasteiger partial charge < -0.3 is 4.74 Å². The van der Waals surface area contributed by atoms with Crippen LogP contribution < -0.4 is 4.74 Å². The molecule has 2 aromatic carbocycles. The number of benzene rings is 2. The summed E-state index contributed by atoms with van der Waals surface area (Å²) in [7, 11) is -3.80. The smallest absolute Gasteiger partial charge is 0.283 e. The highest BCUT2D eigenvalue weighted by molar-refractivity contribution is 7.89. The van der Waals surface area contributed by atoms with E-state index >= 15 is 0 Å². The molecule has 0 radical (unpaired) electrons. The van der Waals surface area contributed by atoms with Crippen molar-refractivity contribution in [1.29, 1.82) is 0 Å². The van der Waals surface area contributed by atoms with Crippen LogP contribution in [0.25, 0.3) is 11.1 Å². The summed E-state index contributed by atoms with van der Waals surface area (Å²) < 4.78 is 32.9. The Morgan fingerprint density at radius 1 is 1.04 bits per heavy atom. The first-order valence-electron chi connectivity index (χ1n) is 8.65.